The van der Waals surface area contributed by atoms with E-state index in [1.165, 1.54) is 12.8 Å². The molecule has 2 aromatic rings. The van der Waals surface area contributed by atoms with Gasteiger partial charge in [0.25, 0.3) is 0 Å². The van der Waals surface area contributed by atoms with Gasteiger partial charge in [0.05, 0.1) is 0 Å². The molecule has 0 aliphatic carbocycles. The fourth-order valence-electron chi connectivity index (χ4n) is 3.38. The maximum absolute atomic E-state index is 12.5. The average Bonchev–Trinajstić information content (AvgIpc) is 3.09. The van der Waals surface area contributed by atoms with Gasteiger partial charge < -0.3 is 4.74 Å². The van der Waals surface area contributed by atoms with E-state index in [0.717, 1.165) is 16.8 Å². The standard InChI is InChI=1S/C21H24BrNO2/c1-15(2)23-13-3-4-19(23)14-25-20-11-7-17(8-12-20)21(24)16-5-9-18(22)10-6-16/h5-12,15,19H,3-4,13-14H2,1-2H3. The van der Waals surface area contributed by atoms with Crippen LogP contribution < -0.4 is 4.74 Å². The molecule has 0 saturated carbocycles. The van der Waals surface area contributed by atoms with E-state index in [-0.39, 0.29) is 5.78 Å². The number of rotatable bonds is 6. The van der Waals surface area contributed by atoms with Crippen molar-refractivity contribution in [2.75, 3.05) is 13.2 Å². The second-order valence-corrected chi connectivity index (χ2v) is 7.71. The Morgan fingerprint density at radius 1 is 1.12 bits per heavy atom. The molecule has 1 fully saturated rings. The predicted molar refractivity (Wildman–Crippen MR) is 104 cm³/mol. The van der Waals surface area contributed by atoms with Gasteiger partial charge in [-0.3, -0.25) is 9.69 Å². The minimum absolute atomic E-state index is 0.0285. The van der Waals surface area contributed by atoms with Gasteiger partial charge in [-0.25, -0.2) is 0 Å². The van der Waals surface area contributed by atoms with E-state index in [2.05, 4.69) is 34.7 Å². The molecule has 0 spiro atoms. The smallest absolute Gasteiger partial charge is 0.193 e. The first-order chi connectivity index (χ1) is 12.0. The molecule has 25 heavy (non-hydrogen) atoms. The third-order valence-electron chi connectivity index (χ3n) is 4.75. The summed E-state index contributed by atoms with van der Waals surface area (Å²) in [5.41, 5.74) is 1.37. The molecule has 1 atom stereocenters. The average molecular weight is 402 g/mol. The summed E-state index contributed by atoms with van der Waals surface area (Å²) in [6, 6.07) is 15.9. The summed E-state index contributed by atoms with van der Waals surface area (Å²) in [5.74, 6) is 0.851. The normalized spacial score (nSPS) is 17.8. The summed E-state index contributed by atoms with van der Waals surface area (Å²) < 4.78 is 6.94. The number of nitrogens with zero attached hydrogens (tertiary/aromatic N) is 1. The van der Waals surface area contributed by atoms with Crippen LogP contribution in [0, 0.1) is 0 Å². The summed E-state index contributed by atoms with van der Waals surface area (Å²) in [6.45, 7) is 6.34. The number of halogens is 1. The quantitative estimate of drug-likeness (QED) is 0.642. The summed E-state index contributed by atoms with van der Waals surface area (Å²) in [4.78, 5) is 15.0. The van der Waals surface area contributed by atoms with Crippen molar-refractivity contribution in [2.45, 2.75) is 38.8 Å². The third-order valence-corrected chi connectivity index (χ3v) is 5.28. The maximum Gasteiger partial charge on any atom is 0.193 e. The largest absolute Gasteiger partial charge is 0.492 e. The Morgan fingerprint density at radius 3 is 2.32 bits per heavy atom. The lowest BCUT2D eigenvalue weighted by atomic mass is 10.0. The lowest BCUT2D eigenvalue weighted by molar-refractivity contribution is 0.103. The molecule has 1 heterocycles. The van der Waals surface area contributed by atoms with Crippen molar-refractivity contribution in [3.63, 3.8) is 0 Å². The minimum Gasteiger partial charge on any atom is -0.492 e. The molecule has 0 aromatic heterocycles. The number of hydrogen-bond acceptors (Lipinski definition) is 3. The molecule has 1 unspecified atom stereocenters. The van der Waals surface area contributed by atoms with Crippen LogP contribution in [0.4, 0.5) is 0 Å². The molecule has 1 aliphatic rings. The number of likely N-dealkylation sites (tertiary alicyclic amines) is 1. The molecule has 0 amide bonds. The zero-order valence-electron chi connectivity index (χ0n) is 14.7. The number of ether oxygens (including phenoxy) is 1. The van der Waals surface area contributed by atoms with Crippen LogP contribution in [0.2, 0.25) is 0 Å². The fourth-order valence-corrected chi connectivity index (χ4v) is 3.64. The van der Waals surface area contributed by atoms with Crippen LogP contribution >= 0.6 is 15.9 Å². The van der Waals surface area contributed by atoms with Crippen LogP contribution in [0.3, 0.4) is 0 Å². The van der Waals surface area contributed by atoms with Crippen LogP contribution in [0.5, 0.6) is 5.75 Å². The van der Waals surface area contributed by atoms with Crippen LogP contribution in [0.15, 0.2) is 53.0 Å². The van der Waals surface area contributed by atoms with Gasteiger partial charge in [-0.1, -0.05) is 15.9 Å². The zero-order valence-corrected chi connectivity index (χ0v) is 16.3. The third kappa shape index (κ3) is 4.50. The number of benzene rings is 2. The number of carbonyl (C=O) groups is 1. The van der Waals surface area contributed by atoms with Crippen molar-refractivity contribution >= 4 is 21.7 Å². The van der Waals surface area contributed by atoms with E-state index in [1.54, 1.807) is 0 Å². The molecule has 132 valence electrons. The number of ketones is 1. The van der Waals surface area contributed by atoms with Crippen molar-refractivity contribution in [1.82, 2.24) is 4.90 Å². The molecule has 0 radical (unpaired) electrons. The van der Waals surface area contributed by atoms with Crippen molar-refractivity contribution in [3.05, 3.63) is 64.1 Å². The predicted octanol–water partition coefficient (Wildman–Crippen LogP) is 4.93. The molecule has 0 N–H and O–H groups in total. The highest BCUT2D eigenvalue weighted by Crippen LogP contribution is 2.22. The van der Waals surface area contributed by atoms with Crippen molar-refractivity contribution in [1.29, 1.82) is 0 Å². The second kappa shape index (κ2) is 8.15. The Bertz CT molecular complexity index is 710. The van der Waals surface area contributed by atoms with Gasteiger partial charge >= 0.3 is 0 Å². The lowest BCUT2D eigenvalue weighted by Crippen LogP contribution is -2.39. The minimum atomic E-state index is 0.0285. The number of hydrogen-bond donors (Lipinski definition) is 0. The van der Waals surface area contributed by atoms with Gasteiger partial charge in [-0.05, 0) is 81.8 Å². The second-order valence-electron chi connectivity index (χ2n) is 6.80. The molecule has 3 rings (SSSR count). The summed E-state index contributed by atoms with van der Waals surface area (Å²) >= 11 is 3.39. The van der Waals surface area contributed by atoms with E-state index in [4.69, 9.17) is 4.74 Å². The molecule has 1 aliphatic heterocycles. The molecule has 4 heteroatoms. The molecular weight excluding hydrogens is 378 g/mol. The summed E-state index contributed by atoms with van der Waals surface area (Å²) in [6.07, 6.45) is 2.44. The molecular formula is C21H24BrNO2. The van der Waals surface area contributed by atoms with Gasteiger partial charge in [-0.2, -0.15) is 0 Å². The monoisotopic (exact) mass is 401 g/mol. The van der Waals surface area contributed by atoms with Crippen molar-refractivity contribution in [2.24, 2.45) is 0 Å². The lowest BCUT2D eigenvalue weighted by Gasteiger charge is -2.28. The van der Waals surface area contributed by atoms with Gasteiger partial charge in [0.2, 0.25) is 0 Å². The SMILES string of the molecule is CC(C)N1CCCC1COc1ccc(C(=O)c2ccc(Br)cc2)cc1. The Morgan fingerprint density at radius 2 is 1.72 bits per heavy atom. The van der Waals surface area contributed by atoms with Gasteiger partial charge in [0.15, 0.2) is 5.78 Å². The van der Waals surface area contributed by atoms with Gasteiger partial charge in [0.1, 0.15) is 12.4 Å². The summed E-state index contributed by atoms with van der Waals surface area (Å²) in [5, 5.41) is 0. The molecule has 2 aromatic carbocycles. The van der Waals surface area contributed by atoms with Gasteiger partial charge in [-0.15, -0.1) is 0 Å². The first-order valence-electron chi connectivity index (χ1n) is 8.83. The van der Waals surface area contributed by atoms with Gasteiger partial charge in [0, 0.05) is 27.7 Å². The highest BCUT2D eigenvalue weighted by molar-refractivity contribution is 9.10. The first kappa shape index (κ1) is 18.2. The Hall–Kier alpha value is -1.65. The summed E-state index contributed by atoms with van der Waals surface area (Å²) in [7, 11) is 0. The van der Waals surface area contributed by atoms with E-state index in [9.17, 15) is 4.79 Å². The van der Waals surface area contributed by atoms with Crippen LogP contribution in [0.25, 0.3) is 0 Å². The topological polar surface area (TPSA) is 29.5 Å². The van der Waals surface area contributed by atoms with Crippen molar-refractivity contribution < 1.29 is 9.53 Å². The maximum atomic E-state index is 12.5. The van der Waals surface area contributed by atoms with Crippen LogP contribution in [0.1, 0.15) is 42.6 Å². The highest BCUT2D eigenvalue weighted by Gasteiger charge is 2.26. The molecule has 1 saturated heterocycles. The van der Waals surface area contributed by atoms with Crippen LogP contribution in [-0.4, -0.2) is 35.9 Å². The molecule has 0 bridgehead atoms. The van der Waals surface area contributed by atoms with E-state index in [0.29, 0.717) is 29.8 Å². The number of carbonyl (C=O) groups excluding carboxylic acids is 1. The molecule has 3 nitrogen and oxygen atoms in total. The Kier molecular flexibility index (Phi) is 5.92. The highest BCUT2D eigenvalue weighted by atomic mass is 79.9. The van der Waals surface area contributed by atoms with E-state index >= 15 is 0 Å². The first-order valence-corrected chi connectivity index (χ1v) is 9.63. The van der Waals surface area contributed by atoms with E-state index in [1.807, 2.05) is 48.5 Å². The Balaban J connectivity index is 1.60. The zero-order chi connectivity index (χ0) is 17.8. The van der Waals surface area contributed by atoms with Crippen molar-refractivity contribution in [3.8, 4) is 5.75 Å². The van der Waals surface area contributed by atoms with Crippen LogP contribution in [-0.2, 0) is 0 Å². The van der Waals surface area contributed by atoms with E-state index < -0.39 is 0 Å². The fraction of sp³-hybridized carbons (Fsp3) is 0.381. The Labute approximate surface area is 158 Å².